The Morgan fingerprint density at radius 2 is 2.00 bits per heavy atom. The normalized spacial score (nSPS) is 10.7. The summed E-state index contributed by atoms with van der Waals surface area (Å²) in [5.41, 5.74) is 3.18. The number of nitrogens with one attached hydrogen (secondary N) is 1. The number of carbonyl (C=O) groups excluding carboxylic acids is 1. The molecule has 0 saturated heterocycles. The Balaban J connectivity index is 2.09. The summed E-state index contributed by atoms with van der Waals surface area (Å²) >= 11 is 9.10. The summed E-state index contributed by atoms with van der Waals surface area (Å²) in [6, 6.07) is 11.8. The number of phenols is 1. The van der Waals surface area contributed by atoms with Crippen molar-refractivity contribution >= 4 is 39.7 Å². The molecule has 4 nitrogen and oxygen atoms in total. The zero-order valence-electron chi connectivity index (χ0n) is 10.2. The van der Waals surface area contributed by atoms with Gasteiger partial charge in [-0.3, -0.25) is 4.79 Å². The van der Waals surface area contributed by atoms with Crippen molar-refractivity contribution in [3.05, 3.63) is 63.1 Å². The molecule has 0 aromatic heterocycles. The molecule has 0 fully saturated rings. The predicted molar refractivity (Wildman–Crippen MR) is 82.3 cm³/mol. The average molecular weight is 354 g/mol. The van der Waals surface area contributed by atoms with E-state index in [4.69, 9.17) is 11.6 Å². The van der Waals surface area contributed by atoms with Gasteiger partial charge in [-0.1, -0.05) is 29.8 Å². The molecule has 102 valence electrons. The lowest BCUT2D eigenvalue weighted by molar-refractivity contribution is 0.0955. The van der Waals surface area contributed by atoms with Crippen LogP contribution in [0.1, 0.15) is 15.9 Å². The number of benzene rings is 2. The summed E-state index contributed by atoms with van der Waals surface area (Å²) < 4.78 is 0.555. The molecular weight excluding hydrogens is 344 g/mol. The molecule has 0 aliphatic heterocycles. The largest absolute Gasteiger partial charge is 0.506 e. The Morgan fingerprint density at radius 1 is 1.25 bits per heavy atom. The molecule has 0 aliphatic rings. The Hall–Kier alpha value is -1.85. The quantitative estimate of drug-likeness (QED) is 0.654. The van der Waals surface area contributed by atoms with Crippen molar-refractivity contribution in [2.24, 2.45) is 5.10 Å². The van der Waals surface area contributed by atoms with Gasteiger partial charge in [-0.15, -0.1) is 0 Å². The molecular formula is C14H10BrClN2O2. The van der Waals surface area contributed by atoms with Gasteiger partial charge in [0.1, 0.15) is 5.75 Å². The van der Waals surface area contributed by atoms with Crippen LogP contribution in [0.4, 0.5) is 0 Å². The Labute approximate surface area is 129 Å². The molecule has 2 aromatic carbocycles. The molecule has 20 heavy (non-hydrogen) atoms. The third kappa shape index (κ3) is 3.37. The molecule has 0 spiro atoms. The van der Waals surface area contributed by atoms with Crippen molar-refractivity contribution < 1.29 is 9.90 Å². The number of hydrazone groups is 1. The van der Waals surface area contributed by atoms with E-state index in [2.05, 4.69) is 26.5 Å². The number of rotatable bonds is 3. The highest BCUT2D eigenvalue weighted by atomic mass is 79.9. The smallest absolute Gasteiger partial charge is 0.272 e. The maximum absolute atomic E-state index is 11.8. The average Bonchev–Trinajstić information content (AvgIpc) is 2.44. The van der Waals surface area contributed by atoms with Crippen LogP contribution in [0.15, 0.2) is 52.0 Å². The monoisotopic (exact) mass is 352 g/mol. The molecule has 2 N–H and O–H groups in total. The predicted octanol–water partition coefficient (Wildman–Crippen LogP) is 3.57. The van der Waals surface area contributed by atoms with E-state index in [1.165, 1.54) is 6.21 Å². The van der Waals surface area contributed by atoms with E-state index in [1.807, 2.05) is 0 Å². The maximum Gasteiger partial charge on any atom is 0.272 e. The fraction of sp³-hybridized carbons (Fsp3) is 0. The van der Waals surface area contributed by atoms with Crippen LogP contribution in [0.2, 0.25) is 5.02 Å². The summed E-state index contributed by atoms with van der Waals surface area (Å²) in [6.45, 7) is 0. The molecule has 0 saturated carbocycles. The lowest BCUT2D eigenvalue weighted by Gasteiger charge is -2.03. The van der Waals surface area contributed by atoms with Gasteiger partial charge in [0.25, 0.3) is 5.91 Å². The first-order chi connectivity index (χ1) is 9.59. The third-order valence-corrected chi connectivity index (χ3v) is 3.48. The minimum atomic E-state index is -0.415. The number of hydrogen-bond acceptors (Lipinski definition) is 3. The minimum absolute atomic E-state index is 0.0586. The second-order valence-electron chi connectivity index (χ2n) is 3.86. The summed E-state index contributed by atoms with van der Waals surface area (Å²) in [7, 11) is 0. The molecule has 0 unspecified atom stereocenters. The van der Waals surface area contributed by atoms with Gasteiger partial charge in [0.2, 0.25) is 0 Å². The van der Waals surface area contributed by atoms with Gasteiger partial charge in [-0.2, -0.15) is 5.10 Å². The number of halogens is 2. The van der Waals surface area contributed by atoms with Crippen molar-refractivity contribution in [3.8, 4) is 5.75 Å². The van der Waals surface area contributed by atoms with Crippen molar-refractivity contribution in [1.82, 2.24) is 5.43 Å². The van der Waals surface area contributed by atoms with E-state index in [9.17, 15) is 9.90 Å². The topological polar surface area (TPSA) is 61.7 Å². The van der Waals surface area contributed by atoms with Crippen LogP contribution >= 0.6 is 27.5 Å². The molecule has 0 heterocycles. The maximum atomic E-state index is 11.8. The van der Waals surface area contributed by atoms with Crippen LogP contribution in [-0.4, -0.2) is 17.2 Å². The number of phenolic OH excluding ortho intramolecular Hbond substituents is 1. The fourth-order valence-corrected chi connectivity index (χ4v) is 2.11. The molecule has 0 aliphatic carbocycles. The Morgan fingerprint density at radius 3 is 2.75 bits per heavy atom. The molecule has 1 amide bonds. The first kappa shape index (κ1) is 14.6. The number of hydrogen-bond donors (Lipinski definition) is 2. The molecule has 2 rings (SSSR count). The third-order valence-electron chi connectivity index (χ3n) is 2.51. The lowest BCUT2D eigenvalue weighted by Crippen LogP contribution is -2.17. The lowest BCUT2D eigenvalue weighted by atomic mass is 10.2. The van der Waals surface area contributed by atoms with Crippen LogP contribution in [-0.2, 0) is 0 Å². The SMILES string of the molecule is O=C(NN=Cc1cccc(Br)c1O)c1ccccc1Cl. The Bertz CT molecular complexity index is 674. The van der Waals surface area contributed by atoms with Gasteiger partial charge in [-0.05, 0) is 40.2 Å². The van der Waals surface area contributed by atoms with Crippen molar-refractivity contribution in [1.29, 1.82) is 0 Å². The second kappa shape index (κ2) is 6.54. The van der Waals surface area contributed by atoms with E-state index < -0.39 is 5.91 Å². The van der Waals surface area contributed by atoms with E-state index in [0.717, 1.165) is 0 Å². The molecule has 0 atom stereocenters. The number of nitrogens with zero attached hydrogens (tertiary/aromatic N) is 1. The van der Waals surface area contributed by atoms with Crippen molar-refractivity contribution in [2.75, 3.05) is 0 Å². The van der Waals surface area contributed by atoms with Gasteiger partial charge >= 0.3 is 0 Å². The van der Waals surface area contributed by atoms with Crippen LogP contribution in [0.5, 0.6) is 5.75 Å². The van der Waals surface area contributed by atoms with E-state index >= 15 is 0 Å². The van der Waals surface area contributed by atoms with E-state index in [0.29, 0.717) is 20.6 Å². The first-order valence-corrected chi connectivity index (χ1v) is 6.82. The van der Waals surface area contributed by atoms with Gasteiger partial charge in [0.15, 0.2) is 0 Å². The summed E-state index contributed by atoms with van der Waals surface area (Å²) in [5, 5.41) is 13.9. The number of carbonyl (C=O) groups is 1. The highest BCUT2D eigenvalue weighted by Crippen LogP contribution is 2.25. The van der Waals surface area contributed by atoms with Gasteiger partial charge < -0.3 is 5.11 Å². The molecule has 0 radical (unpaired) electrons. The zero-order chi connectivity index (χ0) is 14.5. The van der Waals surface area contributed by atoms with Crippen molar-refractivity contribution in [3.63, 3.8) is 0 Å². The number of para-hydroxylation sites is 1. The van der Waals surface area contributed by atoms with E-state index in [1.54, 1.807) is 42.5 Å². The Kier molecular flexibility index (Phi) is 4.76. The van der Waals surface area contributed by atoms with E-state index in [-0.39, 0.29) is 5.75 Å². The first-order valence-electron chi connectivity index (χ1n) is 5.65. The van der Waals surface area contributed by atoms with Crippen LogP contribution in [0, 0.1) is 0 Å². The van der Waals surface area contributed by atoms with Crippen LogP contribution in [0.25, 0.3) is 0 Å². The summed E-state index contributed by atoms with van der Waals surface area (Å²) in [5.74, 6) is -0.357. The highest BCUT2D eigenvalue weighted by molar-refractivity contribution is 9.10. The summed E-state index contributed by atoms with van der Waals surface area (Å²) in [4.78, 5) is 11.8. The fourth-order valence-electron chi connectivity index (χ4n) is 1.50. The van der Waals surface area contributed by atoms with Gasteiger partial charge in [0, 0.05) is 5.56 Å². The number of amides is 1. The van der Waals surface area contributed by atoms with Crippen molar-refractivity contribution in [2.45, 2.75) is 0 Å². The summed E-state index contributed by atoms with van der Waals surface area (Å²) in [6.07, 6.45) is 1.36. The number of aromatic hydroxyl groups is 1. The molecule has 6 heteroatoms. The van der Waals surface area contributed by atoms with Crippen LogP contribution in [0.3, 0.4) is 0 Å². The second-order valence-corrected chi connectivity index (χ2v) is 5.12. The molecule has 0 bridgehead atoms. The minimum Gasteiger partial charge on any atom is -0.506 e. The zero-order valence-corrected chi connectivity index (χ0v) is 12.5. The van der Waals surface area contributed by atoms with Gasteiger partial charge in [-0.25, -0.2) is 5.43 Å². The highest BCUT2D eigenvalue weighted by Gasteiger charge is 2.08. The van der Waals surface area contributed by atoms with Crippen LogP contribution < -0.4 is 5.43 Å². The standard InChI is InChI=1S/C14H10BrClN2O2/c15-11-6-3-4-9(13(11)19)8-17-18-14(20)10-5-1-2-7-12(10)16/h1-8,19H,(H,18,20). The molecule has 2 aromatic rings. The van der Waals surface area contributed by atoms with Gasteiger partial charge in [0.05, 0.1) is 21.3 Å².